The molecule has 0 aliphatic carbocycles. The maximum Gasteiger partial charge on any atom is 0.135 e. The van der Waals surface area contributed by atoms with E-state index in [0.717, 1.165) is 43.9 Å². The standard InChI is InChI=1S/C42H24O2/c1-2-8-30-29(7-1)31-17-13-25(27-15-19-41-37(23-27)33-9-3-5-11-39(33)43-41)21-35(31)36-22-26(14-18-32(30)36)28-16-20-42-38(24-28)34-10-4-6-12-40(34)44-42/h1-24H. The molecule has 0 aliphatic rings. The summed E-state index contributed by atoms with van der Waals surface area (Å²) >= 11 is 0. The van der Waals surface area contributed by atoms with E-state index in [1.165, 1.54) is 54.6 Å². The highest BCUT2D eigenvalue weighted by atomic mass is 16.3. The molecule has 0 spiro atoms. The molecule has 0 saturated heterocycles. The van der Waals surface area contributed by atoms with Gasteiger partial charge in [0.05, 0.1) is 0 Å². The molecule has 10 aromatic rings. The summed E-state index contributed by atoms with van der Waals surface area (Å²) in [6, 6.07) is 52.2. The van der Waals surface area contributed by atoms with Crippen LogP contribution in [0.2, 0.25) is 0 Å². The van der Waals surface area contributed by atoms with E-state index >= 15 is 0 Å². The third-order valence-corrected chi connectivity index (χ3v) is 9.26. The van der Waals surface area contributed by atoms with Gasteiger partial charge in [0.25, 0.3) is 0 Å². The van der Waals surface area contributed by atoms with Crippen LogP contribution in [0.25, 0.3) is 98.4 Å². The van der Waals surface area contributed by atoms with Crippen molar-refractivity contribution in [2.45, 2.75) is 0 Å². The molecule has 10 rings (SSSR count). The fraction of sp³-hybridized carbons (Fsp3) is 0. The summed E-state index contributed by atoms with van der Waals surface area (Å²) in [4.78, 5) is 0. The Morgan fingerprint density at radius 2 is 0.545 bits per heavy atom. The molecule has 8 aromatic carbocycles. The van der Waals surface area contributed by atoms with Gasteiger partial charge in [0, 0.05) is 21.5 Å². The maximum atomic E-state index is 6.11. The van der Waals surface area contributed by atoms with E-state index in [2.05, 4.69) is 121 Å². The van der Waals surface area contributed by atoms with Crippen LogP contribution in [-0.4, -0.2) is 0 Å². The maximum absolute atomic E-state index is 6.11. The van der Waals surface area contributed by atoms with E-state index in [1.807, 2.05) is 24.3 Å². The van der Waals surface area contributed by atoms with Gasteiger partial charge in [0.2, 0.25) is 0 Å². The average molecular weight is 561 g/mol. The van der Waals surface area contributed by atoms with Gasteiger partial charge in [-0.3, -0.25) is 0 Å². The Morgan fingerprint density at radius 3 is 1.00 bits per heavy atom. The van der Waals surface area contributed by atoms with Crippen molar-refractivity contribution in [3.8, 4) is 22.3 Å². The molecule has 0 radical (unpaired) electrons. The van der Waals surface area contributed by atoms with Gasteiger partial charge in [-0.25, -0.2) is 0 Å². The summed E-state index contributed by atoms with van der Waals surface area (Å²) in [7, 11) is 0. The molecule has 0 aliphatic heterocycles. The molecule has 2 heteroatoms. The Labute approximate surface area is 252 Å². The minimum absolute atomic E-state index is 0.916. The van der Waals surface area contributed by atoms with Crippen molar-refractivity contribution in [1.82, 2.24) is 0 Å². The van der Waals surface area contributed by atoms with Crippen LogP contribution in [0.3, 0.4) is 0 Å². The second kappa shape index (κ2) is 8.82. The Hall–Kier alpha value is -5.86. The normalized spacial score (nSPS) is 12.1. The molecule has 0 saturated carbocycles. The average Bonchev–Trinajstić information content (AvgIpc) is 3.65. The predicted octanol–water partition coefficient (Wildman–Crippen LogP) is 12.3. The first kappa shape index (κ1) is 23.7. The monoisotopic (exact) mass is 560 g/mol. The fourth-order valence-electron chi connectivity index (χ4n) is 7.13. The molecule has 2 nitrogen and oxygen atoms in total. The summed E-state index contributed by atoms with van der Waals surface area (Å²) in [5, 5.41) is 12.2. The van der Waals surface area contributed by atoms with E-state index in [1.54, 1.807) is 0 Å². The highest BCUT2D eigenvalue weighted by Gasteiger charge is 2.14. The molecule has 0 unspecified atom stereocenters. The van der Waals surface area contributed by atoms with E-state index in [4.69, 9.17) is 8.83 Å². The topological polar surface area (TPSA) is 26.3 Å². The van der Waals surface area contributed by atoms with E-state index in [-0.39, 0.29) is 0 Å². The number of rotatable bonds is 2. The highest BCUT2D eigenvalue weighted by Crippen LogP contribution is 2.41. The SMILES string of the molecule is c1ccc2c(c1)oc1ccc(-c3ccc4c5ccccc5c5ccc(-c6ccc7oc8ccccc8c7c6)cc5c4c3)cc12. The Morgan fingerprint density at radius 1 is 0.227 bits per heavy atom. The molecule has 2 heterocycles. The van der Waals surface area contributed by atoms with Gasteiger partial charge in [-0.15, -0.1) is 0 Å². The van der Waals surface area contributed by atoms with Crippen LogP contribution in [0.15, 0.2) is 154 Å². The zero-order chi connectivity index (χ0) is 28.8. The number of para-hydroxylation sites is 2. The molecular weight excluding hydrogens is 536 g/mol. The smallest absolute Gasteiger partial charge is 0.135 e. The highest BCUT2D eigenvalue weighted by molar-refractivity contribution is 6.26. The molecule has 0 fully saturated rings. The first-order valence-electron chi connectivity index (χ1n) is 15.0. The second-order valence-corrected chi connectivity index (χ2v) is 11.7. The fourth-order valence-corrected chi connectivity index (χ4v) is 7.13. The minimum Gasteiger partial charge on any atom is -0.456 e. The third kappa shape index (κ3) is 3.37. The Balaban J connectivity index is 1.22. The molecule has 204 valence electrons. The first-order valence-corrected chi connectivity index (χ1v) is 15.0. The van der Waals surface area contributed by atoms with Gasteiger partial charge in [-0.1, -0.05) is 97.1 Å². The van der Waals surface area contributed by atoms with Gasteiger partial charge in [0.15, 0.2) is 0 Å². The summed E-state index contributed by atoms with van der Waals surface area (Å²) < 4.78 is 12.2. The van der Waals surface area contributed by atoms with Crippen LogP contribution in [0.4, 0.5) is 0 Å². The first-order chi connectivity index (χ1) is 21.8. The molecule has 2 aromatic heterocycles. The van der Waals surface area contributed by atoms with Gasteiger partial charge in [-0.05, 0) is 103 Å². The van der Waals surface area contributed by atoms with Crippen molar-refractivity contribution < 1.29 is 8.83 Å². The largest absolute Gasteiger partial charge is 0.456 e. The quantitative estimate of drug-likeness (QED) is 0.197. The van der Waals surface area contributed by atoms with Gasteiger partial charge < -0.3 is 8.83 Å². The number of hydrogen-bond acceptors (Lipinski definition) is 2. The summed E-state index contributed by atoms with van der Waals surface area (Å²) in [5.74, 6) is 0. The van der Waals surface area contributed by atoms with Gasteiger partial charge in [-0.2, -0.15) is 0 Å². The number of furan rings is 2. The van der Waals surface area contributed by atoms with E-state index < -0.39 is 0 Å². The van der Waals surface area contributed by atoms with Crippen LogP contribution in [0, 0.1) is 0 Å². The third-order valence-electron chi connectivity index (χ3n) is 9.26. The summed E-state index contributed by atoms with van der Waals surface area (Å²) in [5.41, 5.74) is 8.42. The van der Waals surface area contributed by atoms with Gasteiger partial charge in [0.1, 0.15) is 22.3 Å². The van der Waals surface area contributed by atoms with Crippen LogP contribution in [-0.2, 0) is 0 Å². The second-order valence-electron chi connectivity index (χ2n) is 11.7. The lowest BCUT2D eigenvalue weighted by molar-refractivity contribution is 0.668. The molecule has 44 heavy (non-hydrogen) atoms. The summed E-state index contributed by atoms with van der Waals surface area (Å²) in [6.45, 7) is 0. The van der Waals surface area contributed by atoms with Crippen molar-refractivity contribution in [3.63, 3.8) is 0 Å². The number of benzene rings is 8. The lowest BCUT2D eigenvalue weighted by Gasteiger charge is -2.14. The molecule has 0 atom stereocenters. The van der Waals surface area contributed by atoms with Crippen LogP contribution in [0.1, 0.15) is 0 Å². The summed E-state index contributed by atoms with van der Waals surface area (Å²) in [6.07, 6.45) is 0. The van der Waals surface area contributed by atoms with E-state index in [0.29, 0.717) is 0 Å². The van der Waals surface area contributed by atoms with Crippen molar-refractivity contribution in [2.75, 3.05) is 0 Å². The van der Waals surface area contributed by atoms with Crippen LogP contribution in [0.5, 0.6) is 0 Å². The zero-order valence-corrected chi connectivity index (χ0v) is 23.7. The van der Waals surface area contributed by atoms with Crippen LogP contribution >= 0.6 is 0 Å². The Bertz CT molecular complexity index is 2580. The lowest BCUT2D eigenvalue weighted by atomic mass is 9.90. The number of hydrogen-bond donors (Lipinski definition) is 0. The molecule has 0 N–H and O–H groups in total. The van der Waals surface area contributed by atoms with Crippen molar-refractivity contribution >= 4 is 76.2 Å². The lowest BCUT2D eigenvalue weighted by Crippen LogP contribution is -1.87. The van der Waals surface area contributed by atoms with Crippen molar-refractivity contribution in [2.24, 2.45) is 0 Å². The van der Waals surface area contributed by atoms with E-state index in [9.17, 15) is 0 Å². The molecule has 0 bridgehead atoms. The van der Waals surface area contributed by atoms with Crippen LogP contribution < -0.4 is 0 Å². The predicted molar refractivity (Wildman–Crippen MR) is 184 cm³/mol. The molecular formula is C42H24O2. The van der Waals surface area contributed by atoms with Gasteiger partial charge >= 0.3 is 0 Å². The Kier molecular flexibility index (Phi) is 4.75. The minimum atomic E-state index is 0.916. The molecule has 0 amide bonds. The number of fused-ring (bicyclic) bond motifs is 12. The van der Waals surface area contributed by atoms with Crippen molar-refractivity contribution in [3.05, 3.63) is 146 Å². The van der Waals surface area contributed by atoms with Crippen molar-refractivity contribution in [1.29, 1.82) is 0 Å². The zero-order valence-electron chi connectivity index (χ0n) is 23.7.